The molecule has 0 radical (unpaired) electrons. The van der Waals surface area contributed by atoms with E-state index in [2.05, 4.69) is 27.7 Å². The first-order valence-electron chi connectivity index (χ1n) is 19.3. The molecule has 8 aliphatic rings. The summed E-state index contributed by atoms with van der Waals surface area (Å²) in [6.45, 7) is 8.36. The van der Waals surface area contributed by atoms with Gasteiger partial charge < -0.3 is 20.4 Å². The van der Waals surface area contributed by atoms with Crippen molar-refractivity contribution in [1.82, 2.24) is 0 Å². The van der Waals surface area contributed by atoms with Crippen LogP contribution in [0.4, 0.5) is 0 Å². The van der Waals surface area contributed by atoms with Crippen LogP contribution in [0.15, 0.2) is 23.3 Å². The van der Waals surface area contributed by atoms with Crippen LogP contribution in [-0.2, 0) is 19.2 Å². The molecule has 270 valence electrons. The molecule has 6 unspecified atom stereocenters. The van der Waals surface area contributed by atoms with E-state index >= 15 is 0 Å². The van der Waals surface area contributed by atoms with Gasteiger partial charge in [-0.3, -0.25) is 19.2 Å². The van der Waals surface area contributed by atoms with Crippen LogP contribution in [0.1, 0.15) is 118 Å². The highest BCUT2D eigenvalue weighted by molar-refractivity contribution is 5.92. The van der Waals surface area contributed by atoms with Gasteiger partial charge in [0.25, 0.3) is 0 Å². The summed E-state index contributed by atoms with van der Waals surface area (Å²) in [6, 6.07) is 0. The fourth-order valence-corrected chi connectivity index (χ4v) is 14.4. The Morgan fingerprint density at radius 3 is 1.53 bits per heavy atom. The number of aliphatic hydroxyl groups excluding tert-OH is 3. The Balaban J connectivity index is 0.000000154. The molecule has 8 aliphatic carbocycles. The predicted octanol–water partition coefficient (Wildman–Crippen LogP) is 5.86. The summed E-state index contributed by atoms with van der Waals surface area (Å²) in [6.07, 6.45) is 14.3. The molecule has 6 fully saturated rings. The third-order valence-corrected chi connectivity index (χ3v) is 16.6. The van der Waals surface area contributed by atoms with Gasteiger partial charge in [0, 0.05) is 18.8 Å². The molecular formula is C41H58O8. The van der Waals surface area contributed by atoms with Crippen LogP contribution < -0.4 is 0 Å². The number of aliphatic carboxylic acids is 1. The van der Waals surface area contributed by atoms with Gasteiger partial charge in [-0.25, -0.2) is 0 Å². The highest BCUT2D eigenvalue weighted by atomic mass is 16.4. The molecule has 8 heteroatoms. The van der Waals surface area contributed by atoms with E-state index in [1.54, 1.807) is 0 Å². The predicted molar refractivity (Wildman–Crippen MR) is 183 cm³/mol. The number of fused-ring (bicyclic) bond motifs is 10. The average molecular weight is 679 g/mol. The van der Waals surface area contributed by atoms with Crippen molar-refractivity contribution in [2.75, 3.05) is 6.61 Å². The van der Waals surface area contributed by atoms with E-state index in [4.69, 9.17) is 0 Å². The molecule has 6 saturated carbocycles. The monoisotopic (exact) mass is 678 g/mol. The van der Waals surface area contributed by atoms with Crippen LogP contribution in [0.2, 0.25) is 0 Å². The summed E-state index contributed by atoms with van der Waals surface area (Å²) in [5, 5.41) is 41.3. The summed E-state index contributed by atoms with van der Waals surface area (Å²) in [4.78, 5) is 47.8. The quantitative estimate of drug-likeness (QED) is 0.290. The Morgan fingerprint density at radius 2 is 1.10 bits per heavy atom. The number of ketones is 3. The Hall–Kier alpha value is -2.16. The molecule has 0 spiro atoms. The van der Waals surface area contributed by atoms with Crippen molar-refractivity contribution in [3.63, 3.8) is 0 Å². The molecule has 0 aliphatic heterocycles. The minimum absolute atomic E-state index is 0.0541. The maximum atomic E-state index is 12.3. The maximum absolute atomic E-state index is 12.3. The lowest BCUT2D eigenvalue weighted by atomic mass is 9.46. The van der Waals surface area contributed by atoms with Crippen molar-refractivity contribution in [1.29, 1.82) is 0 Å². The normalized spacial score (nSPS) is 49.8. The fraction of sp³-hybridized carbons (Fsp3) is 0.805. The highest BCUT2D eigenvalue weighted by Crippen LogP contribution is 2.68. The molecule has 0 aromatic heterocycles. The van der Waals surface area contributed by atoms with Crippen LogP contribution in [0.5, 0.6) is 0 Å². The van der Waals surface area contributed by atoms with Crippen LogP contribution in [-0.4, -0.2) is 62.6 Å². The third-order valence-electron chi connectivity index (χ3n) is 16.6. The second kappa shape index (κ2) is 12.2. The molecule has 8 rings (SSSR count). The zero-order valence-corrected chi connectivity index (χ0v) is 30.0. The van der Waals surface area contributed by atoms with Crippen molar-refractivity contribution in [2.45, 2.75) is 130 Å². The molecular weight excluding hydrogens is 620 g/mol. The molecule has 8 nitrogen and oxygen atoms in total. The molecule has 0 amide bonds. The van der Waals surface area contributed by atoms with Crippen LogP contribution >= 0.6 is 0 Å². The third kappa shape index (κ3) is 5.23. The summed E-state index contributed by atoms with van der Waals surface area (Å²) in [5.74, 6) is 1.28. The number of allylic oxidation sites excluding steroid dienone is 2. The number of aliphatic hydroxyl groups is 3. The number of carboxylic acid groups (broad SMARTS) is 1. The van der Waals surface area contributed by atoms with Crippen LogP contribution in [0.25, 0.3) is 0 Å². The first-order chi connectivity index (χ1) is 23.1. The molecule has 0 aromatic rings. The molecule has 0 bridgehead atoms. The zero-order valence-electron chi connectivity index (χ0n) is 30.0. The van der Waals surface area contributed by atoms with Crippen molar-refractivity contribution < 1.29 is 39.6 Å². The van der Waals surface area contributed by atoms with Crippen molar-refractivity contribution >= 4 is 23.3 Å². The Bertz CT molecular complexity index is 1480. The molecule has 0 aromatic carbocycles. The Kier molecular flexibility index (Phi) is 8.79. The van der Waals surface area contributed by atoms with Gasteiger partial charge in [-0.05, 0) is 146 Å². The van der Waals surface area contributed by atoms with Gasteiger partial charge in [0.1, 0.15) is 6.61 Å². The van der Waals surface area contributed by atoms with E-state index in [-0.39, 0.29) is 69.3 Å². The highest BCUT2D eigenvalue weighted by Gasteiger charge is 2.64. The van der Waals surface area contributed by atoms with Crippen LogP contribution in [0, 0.1) is 69.0 Å². The number of carboxylic acids is 1. The second-order valence-electron chi connectivity index (χ2n) is 18.6. The van der Waals surface area contributed by atoms with Gasteiger partial charge in [0.15, 0.2) is 17.3 Å². The van der Waals surface area contributed by atoms with Gasteiger partial charge in [-0.2, -0.15) is 0 Å². The minimum Gasteiger partial charge on any atom is -0.481 e. The minimum atomic E-state index is -0.698. The molecule has 0 saturated heterocycles. The summed E-state index contributed by atoms with van der Waals surface area (Å²) < 4.78 is 0. The number of hydrogen-bond acceptors (Lipinski definition) is 7. The SMILES string of the molecule is C[C@]12CCC(=O)C=C1CCC1C2[C@@H](O)C[C@@]2(C)C1CC[C@@H]2C(=O)CO.C[C@]12CCC(=O)C=C1CCC1C2[C@@H](O)C[C@@]2(C)C1CC[C@@H]2C(=O)O. The number of carbonyl (C=O) groups is 4. The number of rotatable bonds is 3. The van der Waals surface area contributed by atoms with E-state index in [9.17, 15) is 39.6 Å². The van der Waals surface area contributed by atoms with Gasteiger partial charge in [0.05, 0.1) is 18.1 Å². The van der Waals surface area contributed by atoms with Gasteiger partial charge >= 0.3 is 5.97 Å². The lowest BCUT2D eigenvalue weighted by Gasteiger charge is -2.59. The van der Waals surface area contributed by atoms with E-state index in [0.29, 0.717) is 49.4 Å². The topological polar surface area (TPSA) is 149 Å². The molecule has 4 N–H and O–H groups in total. The summed E-state index contributed by atoms with van der Waals surface area (Å²) in [5.41, 5.74) is 1.84. The first-order valence-corrected chi connectivity index (χ1v) is 19.3. The van der Waals surface area contributed by atoms with E-state index in [1.807, 2.05) is 12.2 Å². The average Bonchev–Trinajstić information content (AvgIpc) is 3.57. The van der Waals surface area contributed by atoms with E-state index < -0.39 is 18.2 Å². The fourth-order valence-electron chi connectivity index (χ4n) is 14.4. The molecule has 0 heterocycles. The maximum Gasteiger partial charge on any atom is 0.307 e. The Labute approximate surface area is 291 Å². The lowest BCUT2D eigenvalue weighted by Crippen LogP contribution is -2.57. The Morgan fingerprint density at radius 1 is 0.673 bits per heavy atom. The standard InChI is InChI=1S/C21H30O4.C20H28O4/c1-20-8-7-13(23)9-12(20)3-4-14-15-5-6-16(18(25)11-22)21(15,2)10-17(24)19(14)20;1-19-8-7-12(21)9-11(19)3-4-13-14-5-6-15(18(23)24)20(14,2)10-16(22)17(13)19/h9,14-17,19,22,24H,3-8,10-11H2,1-2H3;9,13-17,22H,3-8,10H2,1-2H3,(H,23,24)/t14?,15?,16-,17+,19?,20+,21+;13?,14?,15-,16+,17?,19+,20+/m11/s1. The molecule has 14 atom stereocenters. The number of hydrogen-bond donors (Lipinski definition) is 4. The van der Waals surface area contributed by atoms with Gasteiger partial charge in [-0.1, -0.05) is 38.8 Å². The number of Topliss-reactive ketones (excluding diaryl/α,β-unsaturated/α-hetero) is 1. The number of carbonyl (C=O) groups excluding carboxylic acids is 3. The largest absolute Gasteiger partial charge is 0.481 e. The van der Waals surface area contributed by atoms with E-state index in [1.165, 1.54) is 11.1 Å². The second-order valence-corrected chi connectivity index (χ2v) is 18.6. The summed E-state index contributed by atoms with van der Waals surface area (Å²) in [7, 11) is 0. The van der Waals surface area contributed by atoms with Crippen molar-refractivity contribution in [2.24, 2.45) is 69.0 Å². The smallest absolute Gasteiger partial charge is 0.307 e. The van der Waals surface area contributed by atoms with Gasteiger partial charge in [0.2, 0.25) is 0 Å². The molecule has 49 heavy (non-hydrogen) atoms. The lowest BCUT2D eigenvalue weighted by molar-refractivity contribution is -0.158. The zero-order chi connectivity index (χ0) is 35.3. The van der Waals surface area contributed by atoms with Gasteiger partial charge in [-0.15, -0.1) is 0 Å². The van der Waals surface area contributed by atoms with Crippen LogP contribution in [0.3, 0.4) is 0 Å². The summed E-state index contributed by atoms with van der Waals surface area (Å²) >= 11 is 0. The van der Waals surface area contributed by atoms with Crippen molar-refractivity contribution in [3.8, 4) is 0 Å². The first kappa shape index (κ1) is 35.3. The van der Waals surface area contributed by atoms with E-state index in [0.717, 1.165) is 64.2 Å². The van der Waals surface area contributed by atoms with Crippen molar-refractivity contribution in [3.05, 3.63) is 23.3 Å².